The van der Waals surface area contributed by atoms with Gasteiger partial charge in [-0.2, -0.15) is 0 Å². The fourth-order valence-electron chi connectivity index (χ4n) is 1.28. The van der Waals surface area contributed by atoms with Crippen LogP contribution in [0.5, 0.6) is 0 Å². The highest BCUT2D eigenvalue weighted by atomic mass is 32.1. The predicted molar refractivity (Wildman–Crippen MR) is 90.5 cm³/mol. The van der Waals surface area contributed by atoms with Gasteiger partial charge in [0.05, 0.1) is 4.99 Å². The van der Waals surface area contributed by atoms with Gasteiger partial charge in [-0.15, -0.1) is 0 Å². The van der Waals surface area contributed by atoms with Gasteiger partial charge < -0.3 is 11.5 Å². The molecular weight excluding hydrogens is 252 g/mol. The molecule has 2 nitrogen and oxygen atoms in total. The molecule has 4 N–H and O–H groups in total. The van der Waals surface area contributed by atoms with Gasteiger partial charge in [0.15, 0.2) is 0 Å². The van der Waals surface area contributed by atoms with E-state index in [0.29, 0.717) is 11.4 Å². The molecule has 0 atom stereocenters. The first-order chi connectivity index (χ1) is 8.65. The first-order valence-corrected chi connectivity index (χ1v) is 7.19. The Bertz CT molecular complexity index is 417. The average Bonchev–Trinajstić information content (AvgIpc) is 2.26. The Kier molecular flexibility index (Phi) is 7.69. The SMILES string of the molecule is CC(C)C(C)C.Cc1cc(CC(N)=S)c(C)cc1N. The van der Waals surface area contributed by atoms with Gasteiger partial charge >= 0.3 is 0 Å². The third kappa shape index (κ3) is 7.16. The molecule has 0 radical (unpaired) electrons. The van der Waals surface area contributed by atoms with Gasteiger partial charge in [-0.05, 0) is 48.4 Å². The monoisotopic (exact) mass is 280 g/mol. The molecule has 1 aromatic rings. The number of thiocarbonyl (C=S) groups is 1. The molecule has 19 heavy (non-hydrogen) atoms. The zero-order valence-corrected chi connectivity index (χ0v) is 13.9. The number of hydrogen-bond donors (Lipinski definition) is 2. The number of nitrogen functional groups attached to an aromatic ring is 1. The highest BCUT2D eigenvalue weighted by Gasteiger charge is 2.03. The van der Waals surface area contributed by atoms with Crippen molar-refractivity contribution in [1.82, 2.24) is 0 Å². The van der Waals surface area contributed by atoms with Crippen molar-refractivity contribution < 1.29 is 0 Å². The smallest absolute Gasteiger partial charge is 0.0771 e. The zero-order chi connectivity index (χ0) is 15.2. The highest BCUT2D eigenvalue weighted by Crippen LogP contribution is 2.18. The molecule has 108 valence electrons. The number of rotatable bonds is 3. The van der Waals surface area contributed by atoms with E-state index in [4.69, 9.17) is 23.7 Å². The molecular formula is C16H28N2S. The maximum atomic E-state index is 5.76. The van der Waals surface area contributed by atoms with Crippen molar-refractivity contribution >= 4 is 22.9 Å². The van der Waals surface area contributed by atoms with E-state index in [-0.39, 0.29) is 0 Å². The molecule has 0 aliphatic rings. The summed E-state index contributed by atoms with van der Waals surface area (Å²) in [4.78, 5) is 0.521. The second kappa shape index (κ2) is 8.16. The fraction of sp³-hybridized carbons (Fsp3) is 0.562. The topological polar surface area (TPSA) is 52.0 Å². The summed E-state index contributed by atoms with van der Waals surface area (Å²) in [6, 6.07) is 4.01. The van der Waals surface area contributed by atoms with Crippen LogP contribution < -0.4 is 11.5 Å². The Balaban J connectivity index is 0.000000459. The van der Waals surface area contributed by atoms with Crippen LogP contribution in [0.15, 0.2) is 12.1 Å². The maximum absolute atomic E-state index is 5.76. The molecule has 0 unspecified atom stereocenters. The van der Waals surface area contributed by atoms with Crippen LogP contribution in [-0.2, 0) is 6.42 Å². The summed E-state index contributed by atoms with van der Waals surface area (Å²) in [5.74, 6) is 1.70. The van der Waals surface area contributed by atoms with Crippen LogP contribution in [0.3, 0.4) is 0 Å². The van der Waals surface area contributed by atoms with Crippen LogP contribution in [0.1, 0.15) is 44.4 Å². The van der Waals surface area contributed by atoms with Crippen LogP contribution in [0.4, 0.5) is 5.69 Å². The number of hydrogen-bond acceptors (Lipinski definition) is 2. The van der Waals surface area contributed by atoms with E-state index in [9.17, 15) is 0 Å². The molecule has 0 aliphatic carbocycles. The van der Waals surface area contributed by atoms with Crippen LogP contribution in [-0.4, -0.2) is 4.99 Å². The molecule has 0 heterocycles. The number of nitrogens with two attached hydrogens (primary N) is 2. The minimum absolute atomic E-state index is 0.521. The van der Waals surface area contributed by atoms with E-state index < -0.39 is 0 Å². The standard InChI is InChI=1S/C10H14N2S.C6H14/c1-6-4-9(11)7(2)3-8(6)5-10(12)13;1-5(2)6(3)4/h3-4H,5,11H2,1-2H3,(H2,12,13);5-6H,1-4H3. The molecule has 0 aliphatic heterocycles. The summed E-state index contributed by atoms with van der Waals surface area (Å²) >= 11 is 4.86. The van der Waals surface area contributed by atoms with Gasteiger partial charge in [-0.3, -0.25) is 0 Å². The first kappa shape index (κ1) is 17.9. The average molecular weight is 280 g/mol. The lowest BCUT2D eigenvalue weighted by molar-refractivity contribution is 0.457. The molecule has 1 aromatic carbocycles. The molecule has 0 saturated carbocycles. The summed E-state index contributed by atoms with van der Waals surface area (Å²) in [6.07, 6.45) is 0.655. The minimum atomic E-state index is 0.521. The quantitative estimate of drug-likeness (QED) is 0.649. The van der Waals surface area contributed by atoms with E-state index >= 15 is 0 Å². The molecule has 0 saturated heterocycles. The van der Waals surface area contributed by atoms with Crippen LogP contribution in [0, 0.1) is 25.7 Å². The van der Waals surface area contributed by atoms with E-state index in [1.54, 1.807) is 0 Å². The van der Waals surface area contributed by atoms with Crippen molar-refractivity contribution in [1.29, 1.82) is 0 Å². The van der Waals surface area contributed by atoms with Crippen LogP contribution in [0.25, 0.3) is 0 Å². The van der Waals surface area contributed by atoms with E-state index in [1.807, 2.05) is 26.0 Å². The second-order valence-corrected chi connectivity index (χ2v) is 6.29. The zero-order valence-electron chi connectivity index (χ0n) is 13.1. The molecule has 1 rings (SSSR count). The fourth-order valence-corrected chi connectivity index (χ4v) is 1.43. The lowest BCUT2D eigenvalue weighted by Gasteiger charge is -2.08. The second-order valence-electron chi connectivity index (χ2n) is 5.77. The lowest BCUT2D eigenvalue weighted by Crippen LogP contribution is -2.12. The summed E-state index contributed by atoms with van der Waals surface area (Å²) in [5, 5.41) is 0. The van der Waals surface area contributed by atoms with Crippen molar-refractivity contribution in [3.63, 3.8) is 0 Å². The molecule has 0 aromatic heterocycles. The van der Waals surface area contributed by atoms with Crippen LogP contribution >= 0.6 is 12.2 Å². The molecule has 0 bridgehead atoms. The van der Waals surface area contributed by atoms with E-state index in [1.165, 1.54) is 5.56 Å². The predicted octanol–water partition coefficient (Wildman–Crippen LogP) is 4.01. The van der Waals surface area contributed by atoms with Crippen molar-refractivity contribution in [2.24, 2.45) is 17.6 Å². The van der Waals surface area contributed by atoms with Gasteiger partial charge in [0, 0.05) is 12.1 Å². The summed E-state index contributed by atoms with van der Waals surface area (Å²) < 4.78 is 0. The van der Waals surface area contributed by atoms with Gasteiger partial charge in [0.1, 0.15) is 0 Å². The first-order valence-electron chi connectivity index (χ1n) is 6.79. The Morgan fingerprint density at radius 1 is 1.05 bits per heavy atom. The third-order valence-corrected chi connectivity index (χ3v) is 3.57. The van der Waals surface area contributed by atoms with Crippen LogP contribution in [0.2, 0.25) is 0 Å². The minimum Gasteiger partial charge on any atom is -0.399 e. The molecule has 0 amide bonds. The van der Waals surface area contributed by atoms with Crippen molar-refractivity contribution in [2.45, 2.75) is 48.0 Å². The van der Waals surface area contributed by atoms with Crippen molar-refractivity contribution in [3.05, 3.63) is 28.8 Å². The largest absolute Gasteiger partial charge is 0.399 e. The number of anilines is 1. The van der Waals surface area contributed by atoms with Gasteiger partial charge in [0.25, 0.3) is 0 Å². The van der Waals surface area contributed by atoms with Gasteiger partial charge in [0.2, 0.25) is 0 Å². The third-order valence-electron chi connectivity index (χ3n) is 3.42. The molecule has 0 fully saturated rings. The summed E-state index contributed by atoms with van der Waals surface area (Å²) in [5.41, 5.74) is 15.5. The Morgan fingerprint density at radius 2 is 1.53 bits per heavy atom. The van der Waals surface area contributed by atoms with Gasteiger partial charge in [-0.25, -0.2) is 0 Å². The maximum Gasteiger partial charge on any atom is 0.0771 e. The van der Waals surface area contributed by atoms with E-state index in [0.717, 1.165) is 28.7 Å². The highest BCUT2D eigenvalue weighted by molar-refractivity contribution is 7.80. The van der Waals surface area contributed by atoms with Crippen molar-refractivity contribution in [3.8, 4) is 0 Å². The van der Waals surface area contributed by atoms with Gasteiger partial charge in [-0.1, -0.05) is 46.0 Å². The molecule has 3 heteroatoms. The number of aryl methyl sites for hydroxylation is 2. The summed E-state index contributed by atoms with van der Waals surface area (Å²) in [6.45, 7) is 13.0. The van der Waals surface area contributed by atoms with Crippen molar-refractivity contribution in [2.75, 3.05) is 5.73 Å². The normalized spacial score (nSPS) is 10.3. The van der Waals surface area contributed by atoms with E-state index in [2.05, 4.69) is 27.7 Å². The lowest BCUT2D eigenvalue weighted by atomic mass is 10.0. The Morgan fingerprint density at radius 3 is 1.89 bits per heavy atom. The Labute approximate surface area is 123 Å². The molecule has 0 spiro atoms. The Hall–Kier alpha value is -1.09. The summed E-state index contributed by atoms with van der Waals surface area (Å²) in [7, 11) is 0. The number of benzene rings is 1.